The van der Waals surface area contributed by atoms with Gasteiger partial charge in [-0.05, 0) is 35.9 Å². The molecule has 10 heteroatoms. The predicted octanol–water partition coefficient (Wildman–Crippen LogP) is 4.11. The van der Waals surface area contributed by atoms with Crippen molar-refractivity contribution in [2.75, 3.05) is 13.7 Å². The SMILES string of the molecule is COC(=O)CC(C1=Cc2ccccc2OC1)c1c(O)cc(O)c2c(=O)c(O)c(-c3ccc(O)c(O)c3)oc12. The lowest BCUT2D eigenvalue weighted by atomic mass is 9.84. The van der Waals surface area contributed by atoms with Crippen molar-refractivity contribution in [1.82, 2.24) is 0 Å². The van der Waals surface area contributed by atoms with E-state index in [0.717, 1.165) is 23.8 Å². The van der Waals surface area contributed by atoms with E-state index in [2.05, 4.69) is 0 Å². The molecule has 1 unspecified atom stereocenters. The van der Waals surface area contributed by atoms with E-state index in [-0.39, 0.29) is 35.5 Å². The van der Waals surface area contributed by atoms with Crippen molar-refractivity contribution >= 4 is 23.0 Å². The number of hydrogen-bond acceptors (Lipinski definition) is 10. The lowest BCUT2D eigenvalue weighted by molar-refractivity contribution is -0.140. The molecule has 0 bridgehead atoms. The molecule has 1 atom stereocenters. The second-order valence-electron chi connectivity index (χ2n) is 8.72. The van der Waals surface area contributed by atoms with Gasteiger partial charge in [-0.3, -0.25) is 9.59 Å². The van der Waals surface area contributed by atoms with Crippen molar-refractivity contribution in [1.29, 1.82) is 0 Å². The van der Waals surface area contributed by atoms with Gasteiger partial charge in [-0.15, -0.1) is 0 Å². The van der Waals surface area contributed by atoms with Gasteiger partial charge in [-0.25, -0.2) is 0 Å². The molecule has 0 fully saturated rings. The van der Waals surface area contributed by atoms with Gasteiger partial charge in [0.2, 0.25) is 11.2 Å². The number of benzene rings is 3. The summed E-state index contributed by atoms with van der Waals surface area (Å²) in [6.45, 7) is 0.0431. The third kappa shape index (κ3) is 4.11. The van der Waals surface area contributed by atoms with E-state index < -0.39 is 51.4 Å². The van der Waals surface area contributed by atoms with Crippen LogP contribution in [0.3, 0.4) is 0 Å². The van der Waals surface area contributed by atoms with E-state index in [9.17, 15) is 35.1 Å². The molecular formula is C28H22O10. The molecule has 1 aliphatic heterocycles. The Hall–Kier alpha value is -5.12. The molecular weight excluding hydrogens is 496 g/mol. The van der Waals surface area contributed by atoms with Crippen LogP contribution in [0.1, 0.15) is 23.5 Å². The van der Waals surface area contributed by atoms with E-state index in [1.807, 2.05) is 18.2 Å². The van der Waals surface area contributed by atoms with Gasteiger partial charge in [0, 0.05) is 28.7 Å². The first-order valence-electron chi connectivity index (χ1n) is 11.5. The molecule has 38 heavy (non-hydrogen) atoms. The van der Waals surface area contributed by atoms with Crippen molar-refractivity contribution in [2.24, 2.45) is 0 Å². The zero-order valence-corrected chi connectivity index (χ0v) is 20.0. The van der Waals surface area contributed by atoms with Crippen molar-refractivity contribution < 1.29 is 44.2 Å². The number of methoxy groups -OCH3 is 1. The zero-order valence-electron chi connectivity index (χ0n) is 20.0. The average molecular weight is 518 g/mol. The quantitative estimate of drug-likeness (QED) is 0.192. The van der Waals surface area contributed by atoms with Crippen molar-refractivity contribution in [3.05, 3.63) is 75.5 Å². The first-order valence-corrected chi connectivity index (χ1v) is 11.5. The molecule has 194 valence electrons. The summed E-state index contributed by atoms with van der Waals surface area (Å²) in [6.07, 6.45) is 1.52. The van der Waals surface area contributed by atoms with Crippen LogP contribution in [0, 0.1) is 0 Å². The van der Waals surface area contributed by atoms with Crippen LogP contribution in [0.2, 0.25) is 0 Å². The number of carbonyl (C=O) groups is 1. The summed E-state index contributed by atoms with van der Waals surface area (Å²) in [7, 11) is 1.21. The molecule has 5 N–H and O–H groups in total. The van der Waals surface area contributed by atoms with Gasteiger partial charge in [0.1, 0.15) is 34.8 Å². The fraction of sp³-hybridized carbons (Fsp3) is 0.143. The molecule has 0 radical (unpaired) electrons. The van der Waals surface area contributed by atoms with E-state index in [4.69, 9.17) is 13.9 Å². The standard InChI is InChI=1S/C28H22O10/c1-36-22(33)10-16(15-8-13-4-2-3-5-21(13)37-12-15)23-19(31)11-20(32)24-25(34)26(35)27(38-28(23)24)14-6-7-17(29)18(30)9-14/h2-9,11,16,29-32,35H,10,12H2,1H3. The number of rotatable bonds is 5. The van der Waals surface area contributed by atoms with Gasteiger partial charge in [0.05, 0.1) is 13.5 Å². The third-order valence-electron chi connectivity index (χ3n) is 6.42. The number of esters is 1. The Balaban J connectivity index is 1.81. The topological polar surface area (TPSA) is 167 Å². The Kier molecular flexibility index (Phi) is 6.08. The van der Waals surface area contributed by atoms with Crippen LogP contribution in [-0.2, 0) is 9.53 Å². The molecule has 5 rings (SSSR count). The maximum atomic E-state index is 13.2. The Morgan fingerprint density at radius 3 is 2.47 bits per heavy atom. The van der Waals surface area contributed by atoms with Crippen molar-refractivity contribution in [3.8, 4) is 45.8 Å². The fourth-order valence-electron chi connectivity index (χ4n) is 4.54. The lowest BCUT2D eigenvalue weighted by Crippen LogP contribution is -2.18. The second kappa shape index (κ2) is 9.40. The molecule has 10 nitrogen and oxygen atoms in total. The minimum atomic E-state index is -1.01. The Morgan fingerprint density at radius 1 is 0.974 bits per heavy atom. The molecule has 0 saturated heterocycles. The lowest BCUT2D eigenvalue weighted by Gasteiger charge is -2.26. The summed E-state index contributed by atoms with van der Waals surface area (Å²) in [5.74, 6) is -4.27. The van der Waals surface area contributed by atoms with E-state index in [0.29, 0.717) is 11.3 Å². The van der Waals surface area contributed by atoms with Gasteiger partial charge >= 0.3 is 5.97 Å². The molecule has 0 aliphatic carbocycles. The summed E-state index contributed by atoms with van der Waals surface area (Å²) in [5.41, 5.74) is -0.00496. The highest BCUT2D eigenvalue weighted by atomic mass is 16.5. The fourth-order valence-corrected chi connectivity index (χ4v) is 4.54. The monoisotopic (exact) mass is 518 g/mol. The van der Waals surface area contributed by atoms with Crippen LogP contribution in [0.25, 0.3) is 28.4 Å². The van der Waals surface area contributed by atoms with Crippen LogP contribution in [0.5, 0.6) is 34.5 Å². The highest BCUT2D eigenvalue weighted by molar-refractivity contribution is 5.92. The average Bonchev–Trinajstić information content (AvgIpc) is 2.90. The number of phenols is 4. The molecule has 2 heterocycles. The van der Waals surface area contributed by atoms with Crippen molar-refractivity contribution in [3.63, 3.8) is 0 Å². The van der Waals surface area contributed by atoms with Crippen LogP contribution in [-0.4, -0.2) is 45.2 Å². The summed E-state index contributed by atoms with van der Waals surface area (Å²) < 4.78 is 16.7. The molecule has 1 aromatic heterocycles. The van der Waals surface area contributed by atoms with Gasteiger partial charge in [-0.2, -0.15) is 0 Å². The summed E-state index contributed by atoms with van der Waals surface area (Å²) in [6, 6.07) is 11.7. The first-order chi connectivity index (χ1) is 18.2. The summed E-state index contributed by atoms with van der Waals surface area (Å²) in [4.78, 5) is 25.7. The summed E-state index contributed by atoms with van der Waals surface area (Å²) in [5, 5.41) is 51.4. The minimum Gasteiger partial charge on any atom is -0.507 e. The van der Waals surface area contributed by atoms with Crippen LogP contribution in [0.4, 0.5) is 0 Å². The largest absolute Gasteiger partial charge is 0.507 e. The molecule has 0 spiro atoms. The summed E-state index contributed by atoms with van der Waals surface area (Å²) >= 11 is 0. The van der Waals surface area contributed by atoms with E-state index in [1.54, 1.807) is 12.1 Å². The van der Waals surface area contributed by atoms with Crippen LogP contribution in [0.15, 0.2) is 63.3 Å². The van der Waals surface area contributed by atoms with Crippen molar-refractivity contribution in [2.45, 2.75) is 12.3 Å². The molecule has 0 amide bonds. The smallest absolute Gasteiger partial charge is 0.306 e. The third-order valence-corrected chi connectivity index (χ3v) is 6.42. The molecule has 4 aromatic rings. The minimum absolute atomic E-state index is 0.0150. The number of aromatic hydroxyl groups is 5. The highest BCUT2D eigenvalue weighted by Crippen LogP contribution is 2.46. The van der Waals surface area contributed by atoms with Crippen LogP contribution >= 0.6 is 0 Å². The van der Waals surface area contributed by atoms with Gasteiger partial charge in [0.25, 0.3) is 0 Å². The molecule has 0 saturated carbocycles. The van der Waals surface area contributed by atoms with Gasteiger partial charge in [0.15, 0.2) is 17.3 Å². The number of fused-ring (bicyclic) bond motifs is 2. The first kappa shape index (κ1) is 24.6. The van der Waals surface area contributed by atoms with E-state index >= 15 is 0 Å². The highest BCUT2D eigenvalue weighted by Gasteiger charge is 2.32. The van der Waals surface area contributed by atoms with E-state index in [1.165, 1.54) is 13.2 Å². The predicted molar refractivity (Wildman–Crippen MR) is 136 cm³/mol. The number of carbonyl (C=O) groups excluding carboxylic acids is 1. The maximum Gasteiger partial charge on any atom is 0.306 e. The number of hydrogen-bond donors (Lipinski definition) is 5. The Morgan fingerprint density at radius 2 is 1.74 bits per heavy atom. The number of phenolic OH excluding ortho intramolecular Hbond substituents is 4. The normalized spacial score (nSPS) is 13.3. The van der Waals surface area contributed by atoms with Gasteiger partial charge < -0.3 is 39.4 Å². The maximum absolute atomic E-state index is 13.2. The molecule has 1 aliphatic rings. The molecule has 3 aromatic carbocycles. The Bertz CT molecular complexity index is 1680. The Labute approximate surface area is 214 Å². The zero-order chi connectivity index (χ0) is 27.1. The number of para-hydroxylation sites is 1. The second-order valence-corrected chi connectivity index (χ2v) is 8.72. The van der Waals surface area contributed by atoms with Crippen LogP contribution < -0.4 is 10.2 Å². The van der Waals surface area contributed by atoms with Gasteiger partial charge in [-0.1, -0.05) is 18.2 Å². The number of ether oxygens (including phenoxy) is 2.